The summed E-state index contributed by atoms with van der Waals surface area (Å²) < 4.78 is 13.6. The van der Waals surface area contributed by atoms with E-state index < -0.39 is 12.1 Å². The highest BCUT2D eigenvalue weighted by molar-refractivity contribution is 5.85. The average Bonchev–Trinajstić information content (AvgIpc) is 2.77. The highest BCUT2D eigenvalue weighted by Crippen LogP contribution is 2.38. The van der Waals surface area contributed by atoms with Crippen molar-refractivity contribution in [2.75, 3.05) is 6.54 Å². The summed E-state index contributed by atoms with van der Waals surface area (Å²) in [4.78, 5) is 11.8. The molecule has 6 heteroatoms. The molecule has 1 fully saturated rings. The molecule has 0 radical (unpaired) electrons. The minimum atomic E-state index is -0.797. The number of hydrogen-bond donors (Lipinski definition) is 3. The van der Waals surface area contributed by atoms with Gasteiger partial charge in [-0.3, -0.25) is 4.79 Å². The van der Waals surface area contributed by atoms with Crippen molar-refractivity contribution in [2.45, 2.75) is 82.9 Å². The summed E-state index contributed by atoms with van der Waals surface area (Å²) in [6.07, 6.45) is 5.14. The van der Waals surface area contributed by atoms with E-state index in [1.807, 2.05) is 6.07 Å². The van der Waals surface area contributed by atoms with Crippen LogP contribution < -0.4 is 10.6 Å². The van der Waals surface area contributed by atoms with Crippen LogP contribution in [0, 0.1) is 5.82 Å². The number of hydrogen-bond acceptors (Lipinski definition) is 3. The van der Waals surface area contributed by atoms with Crippen molar-refractivity contribution in [3.05, 3.63) is 71.0 Å². The van der Waals surface area contributed by atoms with E-state index in [2.05, 4.69) is 48.7 Å². The van der Waals surface area contributed by atoms with Crippen molar-refractivity contribution >= 4 is 18.3 Å². The Balaban J connectivity index is 0.00000385. The van der Waals surface area contributed by atoms with Crippen LogP contribution in [0.25, 0.3) is 0 Å². The number of carbonyl (C=O) groups excluding carboxylic acids is 1. The highest BCUT2D eigenvalue weighted by Gasteiger charge is 2.35. The molecule has 0 aromatic heterocycles. The van der Waals surface area contributed by atoms with Crippen molar-refractivity contribution in [3.8, 4) is 0 Å². The molecule has 0 heterocycles. The molecule has 3 N–H and O–H groups in total. The predicted molar refractivity (Wildman–Crippen MR) is 134 cm³/mol. The Kier molecular flexibility index (Phi) is 10.3. The van der Waals surface area contributed by atoms with Crippen molar-refractivity contribution in [2.24, 2.45) is 0 Å². The average molecular weight is 477 g/mol. The van der Waals surface area contributed by atoms with Crippen LogP contribution in [0.5, 0.6) is 0 Å². The predicted octanol–water partition coefficient (Wildman–Crippen LogP) is 5.23. The molecular weight excluding hydrogens is 439 g/mol. The van der Waals surface area contributed by atoms with Crippen LogP contribution >= 0.6 is 12.4 Å². The third kappa shape index (κ3) is 7.53. The van der Waals surface area contributed by atoms with Gasteiger partial charge in [-0.25, -0.2) is 4.39 Å². The summed E-state index contributed by atoms with van der Waals surface area (Å²) in [6.45, 7) is 6.20. The van der Waals surface area contributed by atoms with E-state index in [1.54, 1.807) is 6.07 Å². The first-order valence-corrected chi connectivity index (χ1v) is 11.8. The number of amides is 1. The molecule has 0 saturated heterocycles. The number of aliphatic hydroxyl groups excluding tert-OH is 1. The third-order valence-corrected chi connectivity index (χ3v) is 6.66. The number of carbonyl (C=O) groups is 1. The molecule has 2 aromatic carbocycles. The van der Waals surface area contributed by atoms with Crippen LogP contribution in [0.4, 0.5) is 4.39 Å². The number of nitrogens with one attached hydrogen (secondary N) is 2. The molecule has 0 spiro atoms. The molecule has 1 aliphatic carbocycles. The monoisotopic (exact) mass is 476 g/mol. The zero-order valence-corrected chi connectivity index (χ0v) is 20.8. The molecule has 1 saturated carbocycles. The van der Waals surface area contributed by atoms with E-state index in [0.29, 0.717) is 18.9 Å². The molecule has 2 aromatic rings. The van der Waals surface area contributed by atoms with Gasteiger partial charge in [-0.15, -0.1) is 12.4 Å². The van der Waals surface area contributed by atoms with Gasteiger partial charge in [-0.1, -0.05) is 69.5 Å². The van der Waals surface area contributed by atoms with E-state index in [0.717, 1.165) is 31.2 Å². The smallest absolute Gasteiger partial charge is 0.217 e. The molecule has 2 atom stereocenters. The fourth-order valence-electron chi connectivity index (χ4n) is 4.82. The van der Waals surface area contributed by atoms with Crippen molar-refractivity contribution in [3.63, 3.8) is 0 Å². The number of halogens is 2. The molecule has 0 aliphatic heterocycles. The quantitative estimate of drug-likeness (QED) is 0.464. The molecule has 0 unspecified atom stereocenters. The lowest BCUT2D eigenvalue weighted by atomic mass is 9.75. The maximum Gasteiger partial charge on any atom is 0.217 e. The van der Waals surface area contributed by atoms with E-state index in [1.165, 1.54) is 36.6 Å². The van der Waals surface area contributed by atoms with Gasteiger partial charge in [0.1, 0.15) is 5.82 Å². The van der Waals surface area contributed by atoms with Crippen LogP contribution in [0.3, 0.4) is 0 Å². The maximum absolute atomic E-state index is 13.6. The van der Waals surface area contributed by atoms with Gasteiger partial charge in [0.2, 0.25) is 5.91 Å². The summed E-state index contributed by atoms with van der Waals surface area (Å²) in [6, 6.07) is 14.6. The summed E-state index contributed by atoms with van der Waals surface area (Å²) in [7, 11) is 0. The fourth-order valence-corrected chi connectivity index (χ4v) is 4.82. The number of benzene rings is 2. The van der Waals surface area contributed by atoms with Crippen molar-refractivity contribution in [1.29, 1.82) is 0 Å². The summed E-state index contributed by atoms with van der Waals surface area (Å²) in [5.74, 6) is -0.0676. The Morgan fingerprint density at radius 2 is 1.79 bits per heavy atom. The second kappa shape index (κ2) is 12.5. The van der Waals surface area contributed by atoms with Crippen LogP contribution in [-0.4, -0.2) is 29.7 Å². The van der Waals surface area contributed by atoms with Gasteiger partial charge in [0.25, 0.3) is 0 Å². The molecule has 1 amide bonds. The minimum absolute atomic E-state index is 0. The van der Waals surface area contributed by atoms with Gasteiger partial charge in [-0.05, 0) is 54.0 Å². The molecular formula is C27H38ClFN2O2. The van der Waals surface area contributed by atoms with E-state index in [-0.39, 0.29) is 29.7 Å². The van der Waals surface area contributed by atoms with Gasteiger partial charge >= 0.3 is 0 Å². The minimum Gasteiger partial charge on any atom is -0.390 e. The maximum atomic E-state index is 13.6. The second-order valence-electron chi connectivity index (χ2n) is 9.51. The van der Waals surface area contributed by atoms with Crippen molar-refractivity contribution < 1.29 is 14.3 Å². The van der Waals surface area contributed by atoms with Gasteiger partial charge in [0.05, 0.1) is 12.1 Å². The lowest BCUT2D eigenvalue weighted by Gasteiger charge is -2.40. The summed E-state index contributed by atoms with van der Waals surface area (Å²) in [5.41, 5.74) is 3.16. The lowest BCUT2D eigenvalue weighted by molar-refractivity contribution is -0.120. The first-order chi connectivity index (χ1) is 15.3. The Bertz CT molecular complexity index is 899. The van der Waals surface area contributed by atoms with E-state index >= 15 is 0 Å². The summed E-state index contributed by atoms with van der Waals surface area (Å²) in [5, 5.41) is 17.6. The van der Waals surface area contributed by atoms with Gasteiger partial charge in [0, 0.05) is 19.0 Å². The van der Waals surface area contributed by atoms with Crippen LogP contribution in [-0.2, 0) is 16.8 Å². The second-order valence-corrected chi connectivity index (χ2v) is 9.51. The molecule has 33 heavy (non-hydrogen) atoms. The molecule has 1 aliphatic rings. The fraction of sp³-hybridized carbons (Fsp3) is 0.519. The normalized spacial score (nSPS) is 17.2. The van der Waals surface area contributed by atoms with Crippen LogP contribution in [0.15, 0.2) is 48.5 Å². The summed E-state index contributed by atoms with van der Waals surface area (Å²) >= 11 is 0. The lowest BCUT2D eigenvalue weighted by Crippen LogP contribution is -2.53. The molecule has 0 bridgehead atoms. The molecule has 4 nitrogen and oxygen atoms in total. The SMILES string of the molecule is CC(=O)N[C@@H](Cc1cccc(F)c1)[C@H](O)CNC1(c2cccc(C(C)C)c2)CCCCC1.Cl. The van der Waals surface area contributed by atoms with Crippen molar-refractivity contribution in [1.82, 2.24) is 10.6 Å². The zero-order valence-electron chi connectivity index (χ0n) is 19.9. The Morgan fingerprint density at radius 1 is 1.09 bits per heavy atom. The largest absolute Gasteiger partial charge is 0.390 e. The van der Waals surface area contributed by atoms with Gasteiger partial charge in [-0.2, -0.15) is 0 Å². The zero-order chi connectivity index (χ0) is 23.1. The number of rotatable bonds is 9. The first-order valence-electron chi connectivity index (χ1n) is 11.8. The number of aliphatic hydroxyl groups is 1. The van der Waals surface area contributed by atoms with Gasteiger partial charge < -0.3 is 15.7 Å². The first kappa shape index (κ1) is 27.3. The van der Waals surface area contributed by atoms with Gasteiger partial charge in [0.15, 0.2) is 0 Å². The third-order valence-electron chi connectivity index (χ3n) is 6.66. The Labute approximate surface area is 203 Å². The Morgan fingerprint density at radius 3 is 2.42 bits per heavy atom. The standard InChI is InChI=1S/C27H37FN2O2.ClH/c1-19(2)22-10-8-11-23(17-22)27(13-5-4-6-14-27)29-18-26(32)25(30-20(3)31)16-21-9-7-12-24(28)15-21;/h7-12,15,17,19,25-26,29,32H,4-6,13-14,16,18H2,1-3H3,(H,30,31);1H/t25-,26+;/m0./s1. The highest BCUT2D eigenvalue weighted by atomic mass is 35.5. The van der Waals surface area contributed by atoms with E-state index in [4.69, 9.17) is 0 Å². The molecule has 3 rings (SSSR count). The Hall–Kier alpha value is -1.95. The van der Waals surface area contributed by atoms with Crippen LogP contribution in [0.2, 0.25) is 0 Å². The topological polar surface area (TPSA) is 61.4 Å². The van der Waals surface area contributed by atoms with Crippen LogP contribution in [0.1, 0.15) is 75.5 Å². The van der Waals surface area contributed by atoms with E-state index in [9.17, 15) is 14.3 Å². The molecule has 182 valence electrons.